The summed E-state index contributed by atoms with van der Waals surface area (Å²) in [5.41, 5.74) is 0.580. The maximum Gasteiger partial charge on any atom is 0.416 e. The van der Waals surface area contributed by atoms with E-state index in [9.17, 15) is 33.0 Å². The summed E-state index contributed by atoms with van der Waals surface area (Å²) in [5.74, 6) is -0.940. The quantitative estimate of drug-likeness (QED) is 0.119. The molecule has 3 aliphatic carbocycles. The summed E-state index contributed by atoms with van der Waals surface area (Å²) < 4.78 is 52.5. The molecule has 7 nitrogen and oxygen atoms in total. The molecule has 0 unspecified atom stereocenters. The summed E-state index contributed by atoms with van der Waals surface area (Å²) in [6.45, 7) is 6.18. The second-order valence-electron chi connectivity index (χ2n) is 16.3. The van der Waals surface area contributed by atoms with Crippen molar-refractivity contribution in [1.82, 2.24) is 4.90 Å². The highest BCUT2D eigenvalue weighted by molar-refractivity contribution is 6.33. The molecule has 1 aromatic heterocycles. The van der Waals surface area contributed by atoms with Crippen LogP contribution in [-0.4, -0.2) is 51.8 Å². The maximum absolute atomic E-state index is 14.7. The minimum absolute atomic E-state index is 0.00136. The number of benzene rings is 4. The van der Waals surface area contributed by atoms with Crippen LogP contribution in [0.1, 0.15) is 104 Å². The lowest BCUT2D eigenvalue weighted by molar-refractivity contribution is -0.137. The monoisotopic (exact) mass is 827 g/mol. The lowest BCUT2D eigenvalue weighted by Gasteiger charge is -2.46. The van der Waals surface area contributed by atoms with E-state index < -0.39 is 40.7 Å². The van der Waals surface area contributed by atoms with Crippen LogP contribution in [0.4, 0.5) is 18.0 Å². The van der Waals surface area contributed by atoms with Crippen LogP contribution in [-0.2, 0) is 23.9 Å². The van der Waals surface area contributed by atoms with Gasteiger partial charge in [-0.1, -0.05) is 84.8 Å². The molecule has 1 fully saturated rings. The third-order valence-electron chi connectivity index (χ3n) is 12.5. The van der Waals surface area contributed by atoms with Crippen LogP contribution < -0.4 is 0 Å². The van der Waals surface area contributed by atoms with Crippen LogP contribution in [0.25, 0.3) is 22.1 Å². The van der Waals surface area contributed by atoms with Gasteiger partial charge in [0.15, 0.2) is 5.76 Å². The molecule has 0 radical (unpaired) electrons. The Bertz CT molecular complexity index is 2380. The van der Waals surface area contributed by atoms with Crippen molar-refractivity contribution in [2.75, 3.05) is 13.2 Å². The number of allylic oxidation sites excluding steroid dienone is 2. The first kappa shape index (κ1) is 42.2. The van der Waals surface area contributed by atoms with Crippen LogP contribution in [0.2, 0.25) is 5.02 Å². The van der Waals surface area contributed by atoms with E-state index in [1.54, 1.807) is 17.9 Å². The first-order chi connectivity index (χ1) is 28.1. The van der Waals surface area contributed by atoms with Crippen molar-refractivity contribution in [2.24, 2.45) is 5.41 Å². The van der Waals surface area contributed by atoms with Crippen LogP contribution >= 0.6 is 11.6 Å². The molecule has 0 aliphatic heterocycles. The molecular formula is C48H49ClF3NO6. The Morgan fingerprint density at radius 3 is 2.54 bits per heavy atom. The normalized spacial score (nSPS) is 22.4. The minimum Gasteiger partial charge on any atom is -0.453 e. The highest BCUT2D eigenvalue weighted by Crippen LogP contribution is 2.59. The Kier molecular flexibility index (Phi) is 12.2. The molecule has 2 bridgehead atoms. The highest BCUT2D eigenvalue weighted by atomic mass is 35.5. The first-order valence-electron chi connectivity index (χ1n) is 20.2. The average molecular weight is 828 g/mol. The van der Waals surface area contributed by atoms with Gasteiger partial charge in [0, 0.05) is 23.1 Å². The van der Waals surface area contributed by atoms with Crippen LogP contribution in [0.15, 0.2) is 107 Å². The molecule has 4 aromatic carbocycles. The largest absolute Gasteiger partial charge is 0.453 e. The van der Waals surface area contributed by atoms with E-state index in [0.717, 1.165) is 45.7 Å². The number of ketones is 1. The Balaban J connectivity index is 1.29. The van der Waals surface area contributed by atoms with Crippen molar-refractivity contribution >= 4 is 34.2 Å². The van der Waals surface area contributed by atoms with Gasteiger partial charge in [0.1, 0.15) is 5.76 Å². The number of aliphatic hydroxyl groups is 2. The van der Waals surface area contributed by atoms with E-state index in [1.807, 2.05) is 68.4 Å². The van der Waals surface area contributed by atoms with Gasteiger partial charge in [-0.3, -0.25) is 4.79 Å². The summed E-state index contributed by atoms with van der Waals surface area (Å²) in [6.07, 6.45) is -0.226. The molecule has 1 amide bonds. The van der Waals surface area contributed by atoms with Gasteiger partial charge < -0.3 is 24.3 Å². The van der Waals surface area contributed by atoms with Crippen LogP contribution in [0.5, 0.6) is 0 Å². The van der Waals surface area contributed by atoms with Crippen LogP contribution in [0.3, 0.4) is 0 Å². The molecule has 2 N–H and O–H groups in total. The third kappa shape index (κ3) is 8.72. The fraction of sp³-hybridized carbons (Fsp3) is 0.375. The van der Waals surface area contributed by atoms with Gasteiger partial charge in [-0.25, -0.2) is 4.79 Å². The zero-order valence-corrected chi connectivity index (χ0v) is 34.2. The summed E-state index contributed by atoms with van der Waals surface area (Å²) in [5, 5.41) is 26.2. The van der Waals surface area contributed by atoms with Gasteiger partial charge in [-0.05, 0) is 129 Å². The highest BCUT2D eigenvalue weighted by Gasteiger charge is 2.58. The van der Waals surface area contributed by atoms with Crippen LogP contribution in [0, 0.1) is 5.41 Å². The topological polar surface area (TPSA) is 100 Å². The summed E-state index contributed by atoms with van der Waals surface area (Å²) in [6, 6.07) is 25.2. The smallest absolute Gasteiger partial charge is 0.416 e. The number of furan rings is 1. The molecule has 0 spiro atoms. The van der Waals surface area contributed by atoms with Crippen molar-refractivity contribution in [3.63, 3.8) is 0 Å². The van der Waals surface area contributed by atoms with E-state index in [2.05, 4.69) is 6.08 Å². The molecule has 4 atom stereocenters. The number of ether oxygens (including phenoxy) is 1. The number of carbonyl (C=O) groups excluding carboxylic acids is 2. The summed E-state index contributed by atoms with van der Waals surface area (Å²) >= 11 is 6.34. The van der Waals surface area contributed by atoms with Gasteiger partial charge >= 0.3 is 12.3 Å². The lowest BCUT2D eigenvalue weighted by Crippen LogP contribution is -2.53. The number of amides is 1. The molecule has 3 aliphatic rings. The van der Waals surface area contributed by atoms with Crippen molar-refractivity contribution in [3.8, 4) is 11.3 Å². The summed E-state index contributed by atoms with van der Waals surface area (Å²) in [7, 11) is 0. The number of hydrogen-bond donors (Lipinski definition) is 2. The number of carbonyl (C=O) groups is 2. The molecule has 59 heavy (non-hydrogen) atoms. The van der Waals surface area contributed by atoms with Crippen molar-refractivity contribution in [3.05, 3.63) is 141 Å². The molecule has 11 heteroatoms. The SMILES string of the molecule is CCOC(=O)N(Cc1cccc2ccccc12)C[C@]1(O)CC[C@H]2c3ccc(cc3C(=O)c3ccc(-c4cc(C(F)(F)F)ccc4Cl)o3)C[C@@H](O)CCC(C)=CCC[C@@]21C. The maximum atomic E-state index is 14.7. The number of nitrogens with zero attached hydrogens (tertiary/aromatic N) is 1. The third-order valence-corrected chi connectivity index (χ3v) is 12.9. The van der Waals surface area contributed by atoms with Gasteiger partial charge in [-0.2, -0.15) is 13.2 Å². The van der Waals surface area contributed by atoms with E-state index in [-0.39, 0.29) is 47.7 Å². The molecule has 5 aromatic rings. The lowest BCUT2D eigenvalue weighted by atomic mass is 9.64. The Labute approximate surface area is 347 Å². The molecule has 1 heterocycles. The van der Waals surface area contributed by atoms with Gasteiger partial charge in [0.05, 0.1) is 35.4 Å². The second kappa shape index (κ2) is 17.0. The van der Waals surface area contributed by atoms with E-state index >= 15 is 0 Å². The second-order valence-corrected chi connectivity index (χ2v) is 16.7. The zero-order valence-electron chi connectivity index (χ0n) is 33.4. The van der Waals surface area contributed by atoms with E-state index in [4.69, 9.17) is 20.8 Å². The number of halogens is 4. The molecule has 1 saturated carbocycles. The van der Waals surface area contributed by atoms with E-state index in [1.165, 1.54) is 12.1 Å². The van der Waals surface area contributed by atoms with Crippen molar-refractivity contribution < 1.29 is 42.1 Å². The molecule has 310 valence electrons. The zero-order chi connectivity index (χ0) is 42.1. The van der Waals surface area contributed by atoms with E-state index in [0.29, 0.717) is 56.1 Å². The van der Waals surface area contributed by atoms with Crippen molar-refractivity contribution in [1.29, 1.82) is 0 Å². The molecule has 0 saturated heterocycles. The first-order valence-corrected chi connectivity index (χ1v) is 20.6. The molecular weight excluding hydrogens is 779 g/mol. The number of fused-ring (bicyclic) bond motifs is 9. The van der Waals surface area contributed by atoms with Gasteiger partial charge in [-0.15, -0.1) is 0 Å². The fourth-order valence-electron chi connectivity index (χ4n) is 9.18. The number of hydrogen-bond acceptors (Lipinski definition) is 6. The number of alkyl halides is 3. The predicted octanol–water partition coefficient (Wildman–Crippen LogP) is 11.7. The van der Waals surface area contributed by atoms with Crippen molar-refractivity contribution in [2.45, 2.75) is 96.1 Å². The minimum atomic E-state index is -4.61. The Morgan fingerprint density at radius 1 is 0.983 bits per heavy atom. The molecule has 8 rings (SSSR count). The summed E-state index contributed by atoms with van der Waals surface area (Å²) in [4.78, 5) is 30.0. The average Bonchev–Trinajstić information content (AvgIpc) is 3.79. The Morgan fingerprint density at radius 2 is 1.76 bits per heavy atom. The van der Waals surface area contributed by atoms with Gasteiger partial charge in [0.2, 0.25) is 5.78 Å². The number of aliphatic hydroxyl groups excluding tert-OH is 1. The Hall–Kier alpha value is -4.90. The van der Waals surface area contributed by atoms with Gasteiger partial charge in [0.25, 0.3) is 0 Å². The fourth-order valence-corrected chi connectivity index (χ4v) is 9.39. The predicted molar refractivity (Wildman–Crippen MR) is 222 cm³/mol. The standard InChI is InChI=1S/C48H49ClF3NO6/c1-4-58-45(56)53(28-33-12-7-11-32-10-5-6-13-36(32)33)29-47(57)24-22-40-37-18-15-31(25-35(54)17-14-30(2)9-8-23-46(40,47)3)26-38(37)44(55)43-21-20-42(59-43)39-27-34(48(50,51)52)16-19-41(39)49/h5-7,9-13,15-16,18-21,26-27,35,40,54,57H,4,8,14,17,22-25,28-29H2,1-3H3/t35-,40-,46-,47+/m0/s1. The number of rotatable bonds is 8.